The molecule has 0 saturated carbocycles. The van der Waals surface area contributed by atoms with Crippen LogP contribution < -0.4 is 25.8 Å². The standard InChI is InChI=1S/C31H37N9O4/c41-28(38-13-11-32-12-14-38)22-3-7-24(8-4-22)34-31(42)33-23-5-1-21(2-6-23)27-35-29(39-15-17-43-18-16-39)37-30(36-27)40-25-9-10-26(40)20-44-19-25/h1-8,25-26,32H,9-20H2,(H2,33,34,42). The van der Waals surface area contributed by atoms with Crippen molar-refractivity contribution in [1.29, 1.82) is 0 Å². The topological polar surface area (TPSA) is 137 Å². The number of hydrogen-bond donors (Lipinski definition) is 3. The second kappa shape index (κ2) is 12.7. The number of urea groups is 1. The first-order valence-electron chi connectivity index (χ1n) is 15.3. The van der Waals surface area contributed by atoms with E-state index < -0.39 is 0 Å². The average Bonchev–Trinajstić information content (AvgIpc) is 3.33. The minimum atomic E-state index is -0.376. The van der Waals surface area contributed by atoms with E-state index in [-0.39, 0.29) is 24.0 Å². The summed E-state index contributed by atoms with van der Waals surface area (Å²) in [4.78, 5) is 46.4. The average molecular weight is 600 g/mol. The maximum absolute atomic E-state index is 12.7. The summed E-state index contributed by atoms with van der Waals surface area (Å²) >= 11 is 0. The Hall–Kier alpha value is -4.33. The molecule has 4 aliphatic rings. The molecule has 4 aliphatic heterocycles. The van der Waals surface area contributed by atoms with Crippen LogP contribution in [0.5, 0.6) is 0 Å². The Labute approximate surface area is 255 Å². The number of piperazine rings is 1. The van der Waals surface area contributed by atoms with Crippen LogP contribution in [-0.2, 0) is 9.47 Å². The molecule has 5 heterocycles. The Morgan fingerprint density at radius 1 is 0.750 bits per heavy atom. The number of anilines is 4. The molecule has 2 atom stereocenters. The molecule has 3 N–H and O–H groups in total. The van der Waals surface area contributed by atoms with Crippen LogP contribution in [0, 0.1) is 0 Å². The van der Waals surface area contributed by atoms with Gasteiger partial charge in [0.15, 0.2) is 5.82 Å². The number of ether oxygens (including phenoxy) is 2. The maximum atomic E-state index is 12.7. The molecular weight excluding hydrogens is 562 g/mol. The number of carbonyl (C=O) groups is 2. The molecule has 2 bridgehead atoms. The number of hydrogen-bond acceptors (Lipinski definition) is 10. The Morgan fingerprint density at radius 3 is 2.02 bits per heavy atom. The molecule has 2 unspecified atom stereocenters. The lowest BCUT2D eigenvalue weighted by atomic mass is 10.1. The number of aromatic nitrogens is 3. The highest BCUT2D eigenvalue weighted by Gasteiger charge is 2.39. The van der Waals surface area contributed by atoms with Crippen LogP contribution >= 0.6 is 0 Å². The Kier molecular flexibility index (Phi) is 8.22. The number of morpholine rings is 2. The van der Waals surface area contributed by atoms with Gasteiger partial charge in [-0.1, -0.05) is 0 Å². The van der Waals surface area contributed by atoms with E-state index in [0.717, 1.165) is 44.6 Å². The van der Waals surface area contributed by atoms with Crippen LogP contribution in [0.4, 0.5) is 28.1 Å². The zero-order valence-corrected chi connectivity index (χ0v) is 24.6. The quantitative estimate of drug-likeness (QED) is 0.388. The minimum Gasteiger partial charge on any atom is -0.378 e. The molecule has 230 valence electrons. The van der Waals surface area contributed by atoms with Crippen molar-refractivity contribution in [2.75, 3.05) is 86.1 Å². The SMILES string of the molecule is O=C(Nc1ccc(C(=O)N2CCNCC2)cc1)Nc1ccc(-c2nc(N3CCOCC3)nc(N3C4CCC3COC4)n2)cc1. The molecule has 0 aliphatic carbocycles. The number of fused-ring (bicyclic) bond motifs is 2. The monoisotopic (exact) mass is 599 g/mol. The van der Waals surface area contributed by atoms with Crippen molar-refractivity contribution in [3.05, 3.63) is 54.1 Å². The second-order valence-corrected chi connectivity index (χ2v) is 11.5. The summed E-state index contributed by atoms with van der Waals surface area (Å²) in [6, 6.07) is 14.6. The molecule has 2 aromatic carbocycles. The van der Waals surface area contributed by atoms with Gasteiger partial charge in [-0.15, -0.1) is 0 Å². The zero-order valence-electron chi connectivity index (χ0n) is 24.6. The molecule has 3 amide bonds. The van der Waals surface area contributed by atoms with Gasteiger partial charge in [-0.25, -0.2) is 4.79 Å². The molecule has 44 heavy (non-hydrogen) atoms. The smallest absolute Gasteiger partial charge is 0.323 e. The minimum absolute atomic E-state index is 0.00209. The van der Waals surface area contributed by atoms with Gasteiger partial charge < -0.3 is 40.1 Å². The van der Waals surface area contributed by atoms with E-state index in [0.29, 0.717) is 74.2 Å². The molecule has 3 aromatic rings. The summed E-state index contributed by atoms with van der Waals surface area (Å²) < 4.78 is 11.3. The molecule has 4 saturated heterocycles. The Bertz CT molecular complexity index is 1460. The van der Waals surface area contributed by atoms with Crippen LogP contribution in [0.2, 0.25) is 0 Å². The summed E-state index contributed by atoms with van der Waals surface area (Å²) in [6.45, 7) is 7.09. The first-order chi connectivity index (χ1) is 21.6. The summed E-state index contributed by atoms with van der Waals surface area (Å²) in [7, 11) is 0. The number of benzene rings is 2. The first kappa shape index (κ1) is 28.4. The van der Waals surface area contributed by atoms with Gasteiger partial charge in [-0.2, -0.15) is 15.0 Å². The van der Waals surface area contributed by atoms with Crippen LogP contribution in [-0.4, -0.2) is 110 Å². The zero-order chi connectivity index (χ0) is 29.9. The number of nitrogens with zero attached hydrogens (tertiary/aromatic N) is 6. The third-order valence-corrected chi connectivity index (χ3v) is 8.57. The summed E-state index contributed by atoms with van der Waals surface area (Å²) in [5.41, 5.74) is 2.67. The van der Waals surface area contributed by atoms with Crippen molar-refractivity contribution in [2.45, 2.75) is 24.9 Å². The summed E-state index contributed by atoms with van der Waals surface area (Å²) in [5.74, 6) is 1.94. The largest absolute Gasteiger partial charge is 0.378 e. The van der Waals surface area contributed by atoms with Gasteiger partial charge in [0.1, 0.15) is 0 Å². The normalized spacial score (nSPS) is 21.7. The molecular formula is C31H37N9O4. The van der Waals surface area contributed by atoms with Gasteiger partial charge in [0.05, 0.1) is 38.5 Å². The van der Waals surface area contributed by atoms with E-state index in [1.807, 2.05) is 29.2 Å². The predicted molar refractivity (Wildman–Crippen MR) is 166 cm³/mol. The van der Waals surface area contributed by atoms with Gasteiger partial charge in [-0.05, 0) is 61.4 Å². The van der Waals surface area contributed by atoms with E-state index in [9.17, 15) is 9.59 Å². The molecule has 13 heteroatoms. The van der Waals surface area contributed by atoms with E-state index in [4.69, 9.17) is 24.4 Å². The summed E-state index contributed by atoms with van der Waals surface area (Å²) in [6.07, 6.45) is 2.14. The van der Waals surface area contributed by atoms with E-state index in [2.05, 4.69) is 25.8 Å². The Morgan fingerprint density at radius 2 is 1.36 bits per heavy atom. The fraction of sp³-hybridized carbons (Fsp3) is 0.452. The van der Waals surface area contributed by atoms with E-state index >= 15 is 0 Å². The lowest BCUT2D eigenvalue weighted by Gasteiger charge is -2.35. The van der Waals surface area contributed by atoms with Crippen LogP contribution in [0.25, 0.3) is 11.4 Å². The highest BCUT2D eigenvalue weighted by Crippen LogP contribution is 2.34. The third kappa shape index (κ3) is 6.16. The first-order valence-corrected chi connectivity index (χ1v) is 15.3. The lowest BCUT2D eigenvalue weighted by Crippen LogP contribution is -2.47. The molecule has 4 fully saturated rings. The predicted octanol–water partition coefficient (Wildman–Crippen LogP) is 2.43. The van der Waals surface area contributed by atoms with Crippen molar-refractivity contribution in [3.63, 3.8) is 0 Å². The van der Waals surface area contributed by atoms with Crippen LogP contribution in [0.3, 0.4) is 0 Å². The highest BCUT2D eigenvalue weighted by atomic mass is 16.5. The fourth-order valence-electron chi connectivity index (χ4n) is 6.20. The molecule has 7 rings (SSSR count). The highest BCUT2D eigenvalue weighted by molar-refractivity contribution is 6.00. The third-order valence-electron chi connectivity index (χ3n) is 8.57. The molecule has 0 radical (unpaired) electrons. The van der Waals surface area contributed by atoms with Gasteiger partial charge in [0.2, 0.25) is 11.9 Å². The number of nitrogens with one attached hydrogen (secondary N) is 3. The van der Waals surface area contributed by atoms with Crippen molar-refractivity contribution < 1.29 is 19.1 Å². The molecule has 13 nitrogen and oxygen atoms in total. The summed E-state index contributed by atoms with van der Waals surface area (Å²) in [5, 5.41) is 8.96. The number of amides is 3. The second-order valence-electron chi connectivity index (χ2n) is 11.5. The maximum Gasteiger partial charge on any atom is 0.323 e. The van der Waals surface area contributed by atoms with Crippen molar-refractivity contribution in [1.82, 2.24) is 25.2 Å². The Balaban J connectivity index is 1.03. The van der Waals surface area contributed by atoms with Gasteiger partial charge in [0.25, 0.3) is 5.91 Å². The molecule has 1 aromatic heterocycles. The van der Waals surface area contributed by atoms with Gasteiger partial charge in [0, 0.05) is 61.8 Å². The fourth-order valence-corrected chi connectivity index (χ4v) is 6.20. The van der Waals surface area contributed by atoms with E-state index in [1.165, 1.54) is 0 Å². The van der Waals surface area contributed by atoms with Crippen LogP contribution in [0.15, 0.2) is 48.5 Å². The van der Waals surface area contributed by atoms with Crippen molar-refractivity contribution in [3.8, 4) is 11.4 Å². The van der Waals surface area contributed by atoms with E-state index in [1.54, 1.807) is 24.3 Å². The molecule has 0 spiro atoms. The van der Waals surface area contributed by atoms with Gasteiger partial charge in [-0.3, -0.25) is 4.79 Å². The number of rotatable bonds is 6. The van der Waals surface area contributed by atoms with Crippen molar-refractivity contribution in [2.24, 2.45) is 0 Å². The van der Waals surface area contributed by atoms with Crippen molar-refractivity contribution >= 4 is 35.2 Å². The van der Waals surface area contributed by atoms with Gasteiger partial charge >= 0.3 is 6.03 Å². The van der Waals surface area contributed by atoms with Crippen LogP contribution in [0.1, 0.15) is 23.2 Å². The number of carbonyl (C=O) groups excluding carboxylic acids is 2. The lowest BCUT2D eigenvalue weighted by molar-refractivity contribution is 0.0736.